The van der Waals surface area contributed by atoms with Crippen molar-refractivity contribution >= 4 is 34.3 Å². The van der Waals surface area contributed by atoms with Crippen molar-refractivity contribution in [1.82, 2.24) is 4.57 Å². The maximum Gasteiger partial charge on any atom is 0.273 e. The standard InChI is InChI=1S/C19H13N3OS2/c1-2-13-5-7-15(8-6-13)22-18(23)17(10-16-4-3-9-24-16)25-19(22)14(11-20)12-21/h3-10H,2H2,1H3. The molecule has 0 spiro atoms. The molecule has 3 rings (SSSR count). The molecule has 0 unspecified atom stereocenters. The molecule has 2 aromatic heterocycles. The van der Waals surface area contributed by atoms with Crippen LogP contribution in [0.2, 0.25) is 0 Å². The number of hydrogen-bond donors (Lipinski definition) is 0. The molecule has 6 heteroatoms. The number of aryl methyl sites for hydroxylation is 1. The zero-order valence-electron chi connectivity index (χ0n) is 13.4. The zero-order valence-corrected chi connectivity index (χ0v) is 15.0. The summed E-state index contributed by atoms with van der Waals surface area (Å²) in [5.74, 6) is 0. The summed E-state index contributed by atoms with van der Waals surface area (Å²) >= 11 is 2.69. The van der Waals surface area contributed by atoms with Crippen molar-refractivity contribution in [3.8, 4) is 17.8 Å². The van der Waals surface area contributed by atoms with Gasteiger partial charge in [0, 0.05) is 4.88 Å². The highest BCUT2D eigenvalue weighted by molar-refractivity contribution is 7.11. The molecule has 0 amide bonds. The van der Waals surface area contributed by atoms with E-state index < -0.39 is 0 Å². The van der Waals surface area contributed by atoms with Crippen LogP contribution in [-0.4, -0.2) is 4.57 Å². The molecule has 0 saturated heterocycles. The lowest BCUT2D eigenvalue weighted by molar-refractivity contribution is 0.983. The molecular formula is C19H13N3OS2. The summed E-state index contributed by atoms with van der Waals surface area (Å²) in [7, 11) is 0. The minimum Gasteiger partial charge on any atom is -0.267 e. The monoisotopic (exact) mass is 363 g/mol. The predicted molar refractivity (Wildman–Crippen MR) is 101 cm³/mol. The summed E-state index contributed by atoms with van der Waals surface area (Å²) in [5, 5.41) is 20.5. The second-order valence-electron chi connectivity index (χ2n) is 5.19. The van der Waals surface area contributed by atoms with Gasteiger partial charge in [-0.3, -0.25) is 9.36 Å². The fourth-order valence-electron chi connectivity index (χ4n) is 2.39. The fraction of sp³-hybridized carbons (Fsp3) is 0.105. The molecule has 3 aromatic rings. The molecule has 0 fully saturated rings. The fourth-order valence-corrected chi connectivity index (χ4v) is 4.17. The van der Waals surface area contributed by atoms with E-state index in [1.165, 1.54) is 27.2 Å². The van der Waals surface area contributed by atoms with Gasteiger partial charge in [-0.15, -0.1) is 22.7 Å². The van der Waals surface area contributed by atoms with E-state index in [1.54, 1.807) is 6.08 Å². The molecule has 0 N–H and O–H groups in total. The van der Waals surface area contributed by atoms with Gasteiger partial charge in [0.15, 0.2) is 5.57 Å². The van der Waals surface area contributed by atoms with Crippen LogP contribution in [0.1, 0.15) is 17.4 Å². The van der Waals surface area contributed by atoms with Crippen LogP contribution in [0.15, 0.2) is 46.6 Å². The smallest absolute Gasteiger partial charge is 0.267 e. The molecule has 0 aliphatic carbocycles. The summed E-state index contributed by atoms with van der Waals surface area (Å²) in [5.41, 5.74) is 1.53. The van der Waals surface area contributed by atoms with Crippen LogP contribution in [0.5, 0.6) is 0 Å². The molecule has 0 saturated carbocycles. The van der Waals surface area contributed by atoms with Gasteiger partial charge in [-0.05, 0) is 41.6 Å². The highest BCUT2D eigenvalue weighted by Crippen LogP contribution is 2.10. The van der Waals surface area contributed by atoms with Gasteiger partial charge in [-0.2, -0.15) is 10.5 Å². The molecular weight excluding hydrogens is 350 g/mol. The van der Waals surface area contributed by atoms with Gasteiger partial charge in [0.2, 0.25) is 0 Å². The quantitative estimate of drug-likeness (QED) is 0.718. The third-order valence-electron chi connectivity index (χ3n) is 3.68. The van der Waals surface area contributed by atoms with E-state index >= 15 is 0 Å². The van der Waals surface area contributed by atoms with Gasteiger partial charge in [0.05, 0.1) is 10.2 Å². The first-order valence-electron chi connectivity index (χ1n) is 7.58. The summed E-state index contributed by atoms with van der Waals surface area (Å²) in [6.45, 7) is 2.06. The molecule has 2 heterocycles. The number of hydrogen-bond acceptors (Lipinski definition) is 5. The van der Waals surface area contributed by atoms with Crippen LogP contribution in [-0.2, 0) is 6.42 Å². The highest BCUT2D eigenvalue weighted by atomic mass is 32.1. The summed E-state index contributed by atoms with van der Waals surface area (Å²) in [6.07, 6.45) is 2.70. The molecule has 122 valence electrons. The molecule has 0 aliphatic heterocycles. The number of rotatable bonds is 3. The minimum atomic E-state index is -0.222. The molecule has 4 nitrogen and oxygen atoms in total. The number of thiazole rings is 1. The lowest BCUT2D eigenvalue weighted by atomic mass is 10.1. The normalized spacial score (nSPS) is 11.1. The van der Waals surface area contributed by atoms with Crippen LogP contribution >= 0.6 is 22.7 Å². The van der Waals surface area contributed by atoms with Crippen LogP contribution in [0.4, 0.5) is 0 Å². The summed E-state index contributed by atoms with van der Waals surface area (Å²) < 4.78 is 2.31. The average Bonchev–Trinajstić information content (AvgIpc) is 3.26. The first kappa shape index (κ1) is 16.9. The van der Waals surface area contributed by atoms with Gasteiger partial charge in [0.25, 0.3) is 5.56 Å². The molecule has 0 radical (unpaired) electrons. The molecule has 0 aliphatic rings. The number of benzene rings is 1. The SMILES string of the molecule is CCc1ccc(-n2c(=C(C#N)C#N)sc(=Cc3cccs3)c2=O)cc1. The summed E-state index contributed by atoms with van der Waals surface area (Å²) in [4.78, 5) is 13.9. The van der Waals surface area contributed by atoms with Crippen molar-refractivity contribution in [3.05, 3.63) is 71.8 Å². The number of thiophene rings is 1. The largest absolute Gasteiger partial charge is 0.273 e. The Morgan fingerprint density at radius 1 is 1.20 bits per heavy atom. The van der Waals surface area contributed by atoms with Crippen molar-refractivity contribution in [2.24, 2.45) is 0 Å². The van der Waals surface area contributed by atoms with Gasteiger partial charge >= 0.3 is 0 Å². The molecule has 1 aromatic carbocycles. The Morgan fingerprint density at radius 2 is 1.92 bits per heavy atom. The first-order chi connectivity index (χ1) is 12.2. The third kappa shape index (κ3) is 3.32. The second-order valence-corrected chi connectivity index (χ2v) is 7.20. The van der Waals surface area contributed by atoms with Crippen LogP contribution in [0.25, 0.3) is 17.3 Å². The van der Waals surface area contributed by atoms with E-state index in [9.17, 15) is 15.3 Å². The maximum atomic E-state index is 12.9. The van der Waals surface area contributed by atoms with E-state index in [1.807, 2.05) is 53.9 Å². The molecule has 0 bridgehead atoms. The van der Waals surface area contributed by atoms with E-state index in [2.05, 4.69) is 6.92 Å². The zero-order chi connectivity index (χ0) is 17.8. The number of nitriles is 2. The Balaban J connectivity index is 2.36. The Hall–Kier alpha value is -2.93. The Labute approximate surface area is 152 Å². The topological polar surface area (TPSA) is 69.6 Å². The Kier molecular flexibility index (Phi) is 4.95. The molecule has 25 heavy (non-hydrogen) atoms. The van der Waals surface area contributed by atoms with Crippen LogP contribution in [0.3, 0.4) is 0 Å². The Morgan fingerprint density at radius 3 is 2.48 bits per heavy atom. The lowest BCUT2D eigenvalue weighted by Gasteiger charge is -2.03. The van der Waals surface area contributed by atoms with Crippen molar-refractivity contribution in [2.45, 2.75) is 13.3 Å². The van der Waals surface area contributed by atoms with E-state index in [-0.39, 0.29) is 11.1 Å². The lowest BCUT2D eigenvalue weighted by Crippen LogP contribution is -2.30. The number of nitrogens with zero attached hydrogens (tertiary/aromatic N) is 3. The van der Waals surface area contributed by atoms with Crippen molar-refractivity contribution < 1.29 is 0 Å². The van der Waals surface area contributed by atoms with Gasteiger partial charge in [0.1, 0.15) is 16.8 Å². The van der Waals surface area contributed by atoms with Gasteiger partial charge in [-0.25, -0.2) is 0 Å². The maximum absolute atomic E-state index is 12.9. The summed E-state index contributed by atoms with van der Waals surface area (Å²) in [6, 6.07) is 15.2. The first-order valence-corrected chi connectivity index (χ1v) is 9.28. The minimum absolute atomic E-state index is 0.0625. The Bertz CT molecular complexity index is 1140. The van der Waals surface area contributed by atoms with E-state index in [0.717, 1.165) is 16.9 Å². The second kappa shape index (κ2) is 7.31. The van der Waals surface area contributed by atoms with Crippen LogP contribution in [0, 0.1) is 22.7 Å². The van der Waals surface area contributed by atoms with E-state index in [0.29, 0.717) is 14.9 Å². The third-order valence-corrected chi connectivity index (χ3v) is 5.59. The molecule has 0 atom stereocenters. The highest BCUT2D eigenvalue weighted by Gasteiger charge is 2.11. The van der Waals surface area contributed by atoms with Crippen molar-refractivity contribution in [1.29, 1.82) is 10.5 Å². The van der Waals surface area contributed by atoms with Crippen molar-refractivity contribution in [2.75, 3.05) is 0 Å². The van der Waals surface area contributed by atoms with Gasteiger partial charge in [-0.1, -0.05) is 25.1 Å². The predicted octanol–water partition coefficient (Wildman–Crippen LogP) is 2.55. The van der Waals surface area contributed by atoms with Gasteiger partial charge < -0.3 is 0 Å². The van der Waals surface area contributed by atoms with E-state index in [4.69, 9.17) is 0 Å². The van der Waals surface area contributed by atoms with Crippen LogP contribution < -0.4 is 14.8 Å². The number of aromatic nitrogens is 1. The average molecular weight is 363 g/mol. The van der Waals surface area contributed by atoms with Crippen molar-refractivity contribution in [3.63, 3.8) is 0 Å².